The van der Waals surface area contributed by atoms with Crippen molar-refractivity contribution in [1.29, 1.82) is 0 Å². The zero-order chi connectivity index (χ0) is 29.0. The summed E-state index contributed by atoms with van der Waals surface area (Å²) in [4.78, 5) is 15.4. The van der Waals surface area contributed by atoms with E-state index in [4.69, 9.17) is 28.6 Å². The Morgan fingerprint density at radius 2 is 1.48 bits per heavy atom. The normalized spacial score (nSPS) is 13.3. The molecule has 0 aromatic heterocycles. The topological polar surface area (TPSA) is 56.8 Å². The predicted molar refractivity (Wildman–Crippen MR) is 148 cm³/mol. The summed E-state index contributed by atoms with van der Waals surface area (Å²) in [7, 11) is 0. The molecule has 0 aliphatic carbocycles. The highest BCUT2D eigenvalue weighted by atomic mass is 35.5. The number of rotatable bonds is 7. The molecule has 2 N–H and O–H groups in total. The number of amides is 1. The fraction of sp³-hybridized carbons (Fsp3) is 0.259. The highest BCUT2D eigenvalue weighted by Gasteiger charge is 2.31. The molecule has 6 nitrogen and oxygen atoms in total. The first kappa shape index (κ1) is 29.3. The van der Waals surface area contributed by atoms with Crippen LogP contribution < -0.4 is 25.2 Å². The first-order chi connectivity index (χ1) is 19.1. The molecule has 1 heterocycles. The Bertz CT molecular complexity index is 1390. The minimum absolute atomic E-state index is 0.00346. The van der Waals surface area contributed by atoms with Gasteiger partial charge in [0.2, 0.25) is 5.82 Å². The van der Waals surface area contributed by atoms with Crippen molar-refractivity contribution < 1.29 is 31.5 Å². The summed E-state index contributed by atoms with van der Waals surface area (Å²) in [6.07, 6.45) is 0.869. The first-order valence-electron chi connectivity index (χ1n) is 12.3. The third-order valence-electron chi connectivity index (χ3n) is 6.15. The molecular weight excluding hydrogens is 575 g/mol. The van der Waals surface area contributed by atoms with Crippen molar-refractivity contribution >= 4 is 51.9 Å². The Kier molecular flexibility index (Phi) is 9.31. The number of hydrogen-bond donors (Lipinski definition) is 2. The van der Waals surface area contributed by atoms with Gasteiger partial charge in [0.1, 0.15) is 11.4 Å². The van der Waals surface area contributed by atoms with Gasteiger partial charge in [0.15, 0.2) is 28.4 Å². The van der Waals surface area contributed by atoms with E-state index in [-0.39, 0.29) is 31.3 Å². The number of anilines is 3. The first-order valence-corrected chi connectivity index (χ1v) is 13.0. The SMILES string of the molecule is CCCOc1ccc(C(=O)NC(=S)Nc2ccc(N3CCN(c4c(F)c(F)c(F)c(F)c4F)CC3)c(Cl)c2)cc1. The molecule has 0 atom stereocenters. The van der Waals surface area contributed by atoms with Gasteiger partial charge in [0.25, 0.3) is 5.91 Å². The van der Waals surface area contributed by atoms with Crippen molar-refractivity contribution in [2.75, 3.05) is 47.9 Å². The van der Waals surface area contributed by atoms with Gasteiger partial charge in [-0.3, -0.25) is 10.1 Å². The van der Waals surface area contributed by atoms with Crippen molar-refractivity contribution in [3.05, 3.63) is 82.1 Å². The lowest BCUT2D eigenvalue weighted by atomic mass is 10.2. The van der Waals surface area contributed by atoms with Crippen LogP contribution in [0.2, 0.25) is 5.02 Å². The number of thiocarbonyl (C=S) groups is 1. The van der Waals surface area contributed by atoms with Gasteiger partial charge in [-0.1, -0.05) is 18.5 Å². The van der Waals surface area contributed by atoms with Crippen molar-refractivity contribution in [3.63, 3.8) is 0 Å². The molecule has 0 bridgehead atoms. The molecule has 3 aromatic rings. The second-order valence-electron chi connectivity index (χ2n) is 8.84. The average Bonchev–Trinajstić information content (AvgIpc) is 2.95. The fourth-order valence-corrected chi connectivity index (χ4v) is 4.65. The molecule has 0 spiro atoms. The number of nitrogens with one attached hydrogen (secondary N) is 2. The smallest absolute Gasteiger partial charge is 0.257 e. The van der Waals surface area contributed by atoms with Crippen LogP contribution in [0.3, 0.4) is 0 Å². The van der Waals surface area contributed by atoms with E-state index in [1.165, 1.54) is 0 Å². The monoisotopic (exact) mass is 598 g/mol. The molecule has 212 valence electrons. The molecule has 1 fully saturated rings. The van der Waals surface area contributed by atoms with E-state index in [0.29, 0.717) is 34.3 Å². The van der Waals surface area contributed by atoms with Crippen LogP contribution in [-0.2, 0) is 0 Å². The number of carbonyl (C=O) groups is 1. The number of piperazine rings is 1. The van der Waals surface area contributed by atoms with Crippen molar-refractivity contribution in [2.45, 2.75) is 13.3 Å². The fourth-order valence-electron chi connectivity index (χ4n) is 4.14. The van der Waals surface area contributed by atoms with Crippen LogP contribution in [0.1, 0.15) is 23.7 Å². The molecule has 1 saturated heterocycles. The number of ether oxygens (including phenoxy) is 1. The second kappa shape index (κ2) is 12.7. The van der Waals surface area contributed by atoms with E-state index in [9.17, 15) is 26.7 Å². The summed E-state index contributed by atoms with van der Waals surface area (Å²) in [6.45, 7) is 2.99. The van der Waals surface area contributed by atoms with Gasteiger partial charge in [-0.25, -0.2) is 22.0 Å². The number of benzene rings is 3. The third-order valence-corrected chi connectivity index (χ3v) is 6.65. The number of hydrogen-bond acceptors (Lipinski definition) is 5. The molecule has 13 heteroatoms. The lowest BCUT2D eigenvalue weighted by Crippen LogP contribution is -2.47. The summed E-state index contributed by atoms with van der Waals surface area (Å²) in [6, 6.07) is 11.6. The maximum atomic E-state index is 14.2. The van der Waals surface area contributed by atoms with E-state index >= 15 is 0 Å². The maximum absolute atomic E-state index is 14.2. The number of nitrogens with zero attached hydrogens (tertiary/aromatic N) is 2. The molecule has 0 unspecified atom stereocenters. The van der Waals surface area contributed by atoms with E-state index in [0.717, 1.165) is 11.3 Å². The molecule has 3 aromatic carbocycles. The molecule has 0 radical (unpaired) electrons. The minimum atomic E-state index is -2.19. The molecule has 0 saturated carbocycles. The molecule has 1 aliphatic heterocycles. The second-order valence-corrected chi connectivity index (χ2v) is 9.66. The Hall–Kier alpha value is -3.64. The molecule has 4 rings (SSSR count). The lowest BCUT2D eigenvalue weighted by Gasteiger charge is -2.38. The van der Waals surface area contributed by atoms with Gasteiger partial charge >= 0.3 is 0 Å². The summed E-state index contributed by atoms with van der Waals surface area (Å²) in [5.74, 6) is -9.62. The summed E-state index contributed by atoms with van der Waals surface area (Å²) in [5, 5.41) is 5.85. The van der Waals surface area contributed by atoms with Gasteiger partial charge in [0.05, 0.1) is 17.3 Å². The highest BCUT2D eigenvalue weighted by molar-refractivity contribution is 7.80. The molecule has 1 aliphatic rings. The van der Waals surface area contributed by atoms with Gasteiger partial charge < -0.3 is 19.9 Å². The quantitative estimate of drug-likeness (QED) is 0.145. The Balaban J connectivity index is 1.35. The largest absolute Gasteiger partial charge is 0.494 e. The van der Waals surface area contributed by atoms with Crippen LogP contribution in [0.4, 0.5) is 39.0 Å². The summed E-state index contributed by atoms with van der Waals surface area (Å²) in [5.41, 5.74) is 0.552. The van der Waals surface area contributed by atoms with E-state index in [1.807, 2.05) is 11.8 Å². The average molecular weight is 599 g/mol. The van der Waals surface area contributed by atoms with Gasteiger partial charge in [0, 0.05) is 37.4 Å². The summed E-state index contributed by atoms with van der Waals surface area (Å²) >= 11 is 11.7. The molecule has 1 amide bonds. The Morgan fingerprint density at radius 1 is 0.900 bits per heavy atom. The van der Waals surface area contributed by atoms with E-state index in [1.54, 1.807) is 42.5 Å². The number of carbonyl (C=O) groups excluding carboxylic acids is 1. The van der Waals surface area contributed by atoms with Crippen LogP contribution in [0.15, 0.2) is 42.5 Å². The predicted octanol–water partition coefficient (Wildman–Crippen LogP) is 6.28. The van der Waals surface area contributed by atoms with Crippen molar-refractivity contribution in [2.24, 2.45) is 0 Å². The highest BCUT2D eigenvalue weighted by Crippen LogP contribution is 2.33. The number of halogens is 6. The Morgan fingerprint density at radius 3 is 2.05 bits per heavy atom. The maximum Gasteiger partial charge on any atom is 0.257 e. The molecule has 40 heavy (non-hydrogen) atoms. The van der Waals surface area contributed by atoms with Gasteiger partial charge in [-0.15, -0.1) is 0 Å². The van der Waals surface area contributed by atoms with Gasteiger partial charge in [-0.05, 0) is 61.1 Å². The zero-order valence-corrected chi connectivity index (χ0v) is 22.7. The third kappa shape index (κ3) is 6.39. The summed E-state index contributed by atoms with van der Waals surface area (Å²) < 4.78 is 74.6. The van der Waals surface area contributed by atoms with Gasteiger partial charge in [-0.2, -0.15) is 0 Å². The molecular formula is C27H24ClF5N4O2S. The van der Waals surface area contributed by atoms with E-state index in [2.05, 4.69) is 10.6 Å². The van der Waals surface area contributed by atoms with Crippen LogP contribution in [0.5, 0.6) is 5.75 Å². The van der Waals surface area contributed by atoms with Crippen LogP contribution in [0.25, 0.3) is 0 Å². The van der Waals surface area contributed by atoms with E-state index < -0.39 is 40.7 Å². The lowest BCUT2D eigenvalue weighted by molar-refractivity contribution is 0.0977. The van der Waals surface area contributed by atoms with Crippen LogP contribution in [-0.4, -0.2) is 43.8 Å². The zero-order valence-electron chi connectivity index (χ0n) is 21.2. The Labute approximate surface area is 237 Å². The standard InChI is InChI=1S/C27H24ClF5N4O2S/c1-2-13-39-17-6-3-15(4-7-17)26(38)35-27(40)34-16-5-8-19(18(28)14-16)36-9-11-37(12-10-36)25-23(32)21(30)20(29)22(31)24(25)33/h3-8,14H,2,9-13H2,1H3,(H2,34,35,38,40). The van der Waals surface area contributed by atoms with Crippen LogP contribution >= 0.6 is 23.8 Å². The minimum Gasteiger partial charge on any atom is -0.494 e. The van der Waals surface area contributed by atoms with Crippen molar-refractivity contribution in [3.8, 4) is 5.75 Å². The van der Waals surface area contributed by atoms with Crippen molar-refractivity contribution in [1.82, 2.24) is 5.32 Å². The van der Waals surface area contributed by atoms with Crippen LogP contribution in [0, 0.1) is 29.1 Å².